The van der Waals surface area contributed by atoms with Gasteiger partial charge in [-0.3, -0.25) is 4.79 Å². The number of benzene rings is 2. The normalized spacial score (nSPS) is 14.6. The van der Waals surface area contributed by atoms with Gasteiger partial charge in [-0.25, -0.2) is 14.6 Å². The van der Waals surface area contributed by atoms with Crippen molar-refractivity contribution in [3.05, 3.63) is 66.0 Å². The maximum Gasteiger partial charge on any atom is 0.225 e. The van der Waals surface area contributed by atoms with Crippen LogP contribution in [0.1, 0.15) is 36.9 Å². The van der Waals surface area contributed by atoms with Crippen molar-refractivity contribution >= 4 is 22.9 Å². The largest absolute Gasteiger partial charge is 0.369 e. The smallest absolute Gasteiger partial charge is 0.225 e. The number of fused-ring (bicyclic) bond motifs is 1. The van der Waals surface area contributed by atoms with Crippen LogP contribution >= 0.6 is 0 Å². The highest BCUT2D eigenvalue weighted by molar-refractivity contribution is 5.82. The lowest BCUT2D eigenvalue weighted by Gasteiger charge is -2.32. The molecule has 33 heavy (non-hydrogen) atoms. The standard InChI is InChI=1S/C25H27N7O/c1-2-17-15-27-25(28-16-17)31-11-9-21(10-12-31)32-23-8-7-20(14-22(23)29-30-32)19-5-3-18(4-6-19)13-24(26)33/h3-8,14-16,21H,2,9-13H2,1H3,(H2,26,33). The molecule has 168 valence electrons. The first-order chi connectivity index (χ1) is 16.1. The highest BCUT2D eigenvalue weighted by Crippen LogP contribution is 2.29. The van der Waals surface area contributed by atoms with E-state index in [0.717, 1.165) is 71.6 Å². The lowest BCUT2D eigenvalue weighted by atomic mass is 10.0. The van der Waals surface area contributed by atoms with Gasteiger partial charge in [0.15, 0.2) is 0 Å². The molecular weight excluding hydrogens is 414 g/mol. The van der Waals surface area contributed by atoms with Gasteiger partial charge in [-0.2, -0.15) is 0 Å². The maximum absolute atomic E-state index is 11.1. The van der Waals surface area contributed by atoms with Crippen LogP contribution in [-0.2, 0) is 17.6 Å². The van der Waals surface area contributed by atoms with Crippen molar-refractivity contribution in [2.24, 2.45) is 5.73 Å². The van der Waals surface area contributed by atoms with Crippen LogP contribution in [0.15, 0.2) is 54.9 Å². The maximum atomic E-state index is 11.1. The molecule has 5 rings (SSSR count). The number of carbonyl (C=O) groups excluding carboxylic acids is 1. The van der Waals surface area contributed by atoms with Crippen molar-refractivity contribution in [2.75, 3.05) is 18.0 Å². The molecule has 0 spiro atoms. The summed E-state index contributed by atoms with van der Waals surface area (Å²) in [5.74, 6) is 0.481. The van der Waals surface area contributed by atoms with Crippen molar-refractivity contribution in [2.45, 2.75) is 38.6 Å². The Bertz CT molecular complexity index is 1260. The van der Waals surface area contributed by atoms with E-state index in [-0.39, 0.29) is 12.3 Å². The average molecular weight is 442 g/mol. The van der Waals surface area contributed by atoms with Crippen molar-refractivity contribution < 1.29 is 4.79 Å². The second-order valence-electron chi connectivity index (χ2n) is 8.54. The number of amides is 1. The van der Waals surface area contributed by atoms with E-state index in [2.05, 4.69) is 55.0 Å². The van der Waals surface area contributed by atoms with Crippen LogP contribution in [0.25, 0.3) is 22.2 Å². The molecule has 2 aromatic carbocycles. The summed E-state index contributed by atoms with van der Waals surface area (Å²) in [6.45, 7) is 3.90. The number of hydrogen-bond donors (Lipinski definition) is 1. The van der Waals surface area contributed by atoms with E-state index in [1.807, 2.05) is 36.7 Å². The monoisotopic (exact) mass is 441 g/mol. The van der Waals surface area contributed by atoms with Crippen LogP contribution in [0.5, 0.6) is 0 Å². The minimum absolute atomic E-state index is 0.253. The van der Waals surface area contributed by atoms with E-state index in [1.54, 1.807) is 0 Å². The molecule has 0 bridgehead atoms. The third kappa shape index (κ3) is 4.41. The summed E-state index contributed by atoms with van der Waals surface area (Å²) in [5.41, 5.74) is 11.4. The fourth-order valence-electron chi connectivity index (χ4n) is 4.41. The number of aryl methyl sites for hydroxylation is 1. The molecule has 4 aromatic rings. The zero-order valence-corrected chi connectivity index (χ0v) is 18.7. The first-order valence-electron chi connectivity index (χ1n) is 11.4. The van der Waals surface area contributed by atoms with E-state index in [1.165, 1.54) is 0 Å². The molecule has 2 N–H and O–H groups in total. The lowest BCUT2D eigenvalue weighted by molar-refractivity contribution is -0.117. The van der Waals surface area contributed by atoms with Crippen LogP contribution in [0.2, 0.25) is 0 Å². The van der Waals surface area contributed by atoms with Crippen LogP contribution in [0.4, 0.5) is 5.95 Å². The zero-order chi connectivity index (χ0) is 22.8. The van der Waals surface area contributed by atoms with Crippen molar-refractivity contribution in [1.29, 1.82) is 0 Å². The summed E-state index contributed by atoms with van der Waals surface area (Å²) in [6.07, 6.45) is 6.98. The molecule has 1 amide bonds. The highest BCUT2D eigenvalue weighted by atomic mass is 16.1. The van der Waals surface area contributed by atoms with E-state index < -0.39 is 0 Å². The topological polar surface area (TPSA) is 103 Å². The minimum atomic E-state index is -0.325. The van der Waals surface area contributed by atoms with E-state index in [4.69, 9.17) is 5.73 Å². The molecular formula is C25H27N7O. The van der Waals surface area contributed by atoms with Crippen molar-refractivity contribution in [1.82, 2.24) is 25.0 Å². The number of nitrogens with zero attached hydrogens (tertiary/aromatic N) is 6. The Labute approximate surface area is 192 Å². The molecule has 3 heterocycles. The summed E-state index contributed by atoms with van der Waals surface area (Å²) < 4.78 is 2.06. The van der Waals surface area contributed by atoms with Crippen LogP contribution < -0.4 is 10.6 Å². The first kappa shape index (κ1) is 21.1. The Hall–Kier alpha value is -3.81. The van der Waals surface area contributed by atoms with Gasteiger partial charge in [-0.1, -0.05) is 42.5 Å². The molecule has 1 saturated heterocycles. The molecule has 1 fully saturated rings. The highest BCUT2D eigenvalue weighted by Gasteiger charge is 2.24. The third-order valence-corrected chi connectivity index (χ3v) is 6.33. The Morgan fingerprint density at radius 3 is 2.36 bits per heavy atom. The van der Waals surface area contributed by atoms with Crippen LogP contribution in [0, 0.1) is 0 Å². The quantitative estimate of drug-likeness (QED) is 0.492. The molecule has 1 aliphatic rings. The molecule has 8 nitrogen and oxygen atoms in total. The SMILES string of the molecule is CCc1cnc(N2CCC(n3nnc4cc(-c5ccc(CC(N)=O)cc5)ccc43)CC2)nc1. The lowest BCUT2D eigenvalue weighted by Crippen LogP contribution is -2.36. The van der Waals surface area contributed by atoms with Gasteiger partial charge < -0.3 is 10.6 Å². The Kier molecular flexibility index (Phi) is 5.73. The number of hydrogen-bond acceptors (Lipinski definition) is 6. The number of piperidine rings is 1. The van der Waals surface area contributed by atoms with Crippen LogP contribution in [0.3, 0.4) is 0 Å². The Morgan fingerprint density at radius 1 is 1.00 bits per heavy atom. The molecule has 0 unspecified atom stereocenters. The van der Waals surface area contributed by atoms with Gasteiger partial charge in [0.2, 0.25) is 11.9 Å². The van der Waals surface area contributed by atoms with E-state index in [0.29, 0.717) is 6.04 Å². The third-order valence-electron chi connectivity index (χ3n) is 6.33. The van der Waals surface area contributed by atoms with Crippen molar-refractivity contribution in [3.63, 3.8) is 0 Å². The summed E-state index contributed by atoms with van der Waals surface area (Å²) in [6, 6.07) is 14.5. The van der Waals surface area contributed by atoms with Gasteiger partial charge in [0.05, 0.1) is 18.0 Å². The number of rotatable bonds is 6. The molecule has 0 aliphatic carbocycles. The fourth-order valence-corrected chi connectivity index (χ4v) is 4.41. The average Bonchev–Trinajstić information content (AvgIpc) is 3.28. The number of aromatic nitrogens is 5. The number of nitrogens with two attached hydrogens (primary N) is 1. The zero-order valence-electron chi connectivity index (χ0n) is 18.7. The minimum Gasteiger partial charge on any atom is -0.369 e. The molecule has 2 aromatic heterocycles. The van der Waals surface area contributed by atoms with Gasteiger partial charge in [0, 0.05) is 25.5 Å². The predicted octanol–water partition coefficient (Wildman–Crippen LogP) is 3.32. The van der Waals surface area contributed by atoms with E-state index in [9.17, 15) is 4.79 Å². The Morgan fingerprint density at radius 2 is 1.70 bits per heavy atom. The fraction of sp³-hybridized carbons (Fsp3) is 0.320. The van der Waals surface area contributed by atoms with Gasteiger partial charge in [-0.15, -0.1) is 5.10 Å². The second kappa shape index (κ2) is 8.97. The van der Waals surface area contributed by atoms with E-state index >= 15 is 0 Å². The molecule has 0 saturated carbocycles. The molecule has 0 atom stereocenters. The first-order valence-corrected chi connectivity index (χ1v) is 11.4. The number of carbonyl (C=O) groups is 1. The molecule has 0 radical (unpaired) electrons. The summed E-state index contributed by atoms with van der Waals surface area (Å²) in [5, 5.41) is 8.93. The predicted molar refractivity (Wildman–Crippen MR) is 128 cm³/mol. The summed E-state index contributed by atoms with van der Waals surface area (Å²) >= 11 is 0. The summed E-state index contributed by atoms with van der Waals surface area (Å²) in [4.78, 5) is 22.4. The van der Waals surface area contributed by atoms with Gasteiger partial charge >= 0.3 is 0 Å². The Balaban J connectivity index is 1.29. The van der Waals surface area contributed by atoms with Gasteiger partial charge in [0.25, 0.3) is 0 Å². The second-order valence-corrected chi connectivity index (χ2v) is 8.54. The van der Waals surface area contributed by atoms with Gasteiger partial charge in [-0.05, 0) is 53.6 Å². The summed E-state index contributed by atoms with van der Waals surface area (Å²) in [7, 11) is 0. The van der Waals surface area contributed by atoms with Gasteiger partial charge in [0.1, 0.15) is 5.52 Å². The molecule has 8 heteroatoms. The van der Waals surface area contributed by atoms with Crippen LogP contribution in [-0.4, -0.2) is 44.0 Å². The number of primary amides is 1. The molecule has 1 aliphatic heterocycles. The number of anilines is 1. The van der Waals surface area contributed by atoms with Crippen molar-refractivity contribution in [3.8, 4) is 11.1 Å².